The minimum Gasteiger partial charge on any atom is -0.493 e. The van der Waals surface area contributed by atoms with E-state index in [4.69, 9.17) is 14.2 Å². The van der Waals surface area contributed by atoms with Gasteiger partial charge in [-0.25, -0.2) is 0 Å². The molecule has 1 aliphatic rings. The summed E-state index contributed by atoms with van der Waals surface area (Å²) in [6.45, 7) is 1.63. The van der Waals surface area contributed by atoms with Crippen molar-refractivity contribution in [3.8, 4) is 17.2 Å². The minimum absolute atomic E-state index is 0. The Morgan fingerprint density at radius 1 is 1.22 bits per heavy atom. The Labute approximate surface area is 141 Å². The van der Waals surface area contributed by atoms with Crippen molar-refractivity contribution in [2.45, 2.75) is 6.10 Å². The number of aliphatic hydroxyl groups excluding tert-OH is 1. The molecule has 0 spiro atoms. The third-order valence-corrected chi connectivity index (χ3v) is 3.78. The van der Waals surface area contributed by atoms with Crippen molar-refractivity contribution in [3.63, 3.8) is 0 Å². The van der Waals surface area contributed by atoms with Gasteiger partial charge in [0.25, 0.3) is 5.91 Å². The smallest absolute Gasteiger partial charge is 0.255 e. The van der Waals surface area contributed by atoms with Crippen molar-refractivity contribution in [1.29, 1.82) is 0 Å². The molecule has 0 aliphatic carbocycles. The Hall–Kier alpha value is -1.70. The van der Waals surface area contributed by atoms with Crippen molar-refractivity contribution in [2.75, 3.05) is 41.0 Å². The van der Waals surface area contributed by atoms with E-state index in [1.54, 1.807) is 12.1 Å². The highest BCUT2D eigenvalue weighted by Gasteiger charge is 2.26. The number of rotatable bonds is 6. The van der Waals surface area contributed by atoms with Gasteiger partial charge in [-0.05, 0) is 12.1 Å². The number of carbonyl (C=O) groups is 1. The number of methoxy groups -OCH3 is 3. The van der Waals surface area contributed by atoms with Crippen molar-refractivity contribution in [1.82, 2.24) is 10.6 Å². The van der Waals surface area contributed by atoms with E-state index in [0.29, 0.717) is 42.4 Å². The first-order valence-corrected chi connectivity index (χ1v) is 7.08. The summed E-state index contributed by atoms with van der Waals surface area (Å²) < 4.78 is 15.8. The summed E-state index contributed by atoms with van der Waals surface area (Å²) in [5.74, 6) is 0.919. The second-order valence-corrected chi connectivity index (χ2v) is 5.08. The molecule has 1 aromatic carbocycles. The standard InChI is InChI=1S/C15H22N2O5.ClH/c1-20-12-5-4-10(13(21-2)14(12)22-3)15(19)17-7-9-6-16-8-11(9)18;/h4-5,9,11,16,18H,6-8H2,1-3H3,(H,17,19);1H. The van der Waals surface area contributed by atoms with Gasteiger partial charge >= 0.3 is 0 Å². The molecule has 0 bridgehead atoms. The van der Waals surface area contributed by atoms with Crippen LogP contribution in [0.25, 0.3) is 0 Å². The van der Waals surface area contributed by atoms with Gasteiger partial charge in [0.05, 0.1) is 33.0 Å². The normalized spacial score (nSPS) is 19.7. The lowest BCUT2D eigenvalue weighted by atomic mass is 10.1. The van der Waals surface area contributed by atoms with Crippen LogP contribution in [0.3, 0.4) is 0 Å². The molecule has 1 amide bonds. The Morgan fingerprint density at radius 3 is 2.43 bits per heavy atom. The molecule has 2 rings (SSSR count). The van der Waals surface area contributed by atoms with Gasteiger partial charge in [0.1, 0.15) is 0 Å². The average Bonchev–Trinajstić information content (AvgIpc) is 2.95. The number of hydrogen-bond acceptors (Lipinski definition) is 6. The van der Waals surface area contributed by atoms with Crippen LogP contribution in [-0.4, -0.2) is 58.1 Å². The predicted octanol–water partition coefficient (Wildman–Crippen LogP) is 0.444. The molecule has 1 saturated heterocycles. The highest BCUT2D eigenvalue weighted by molar-refractivity contribution is 5.98. The monoisotopic (exact) mass is 346 g/mol. The molecule has 1 fully saturated rings. The lowest BCUT2D eigenvalue weighted by Crippen LogP contribution is -2.34. The van der Waals surface area contributed by atoms with E-state index in [0.717, 1.165) is 0 Å². The quantitative estimate of drug-likeness (QED) is 0.693. The number of carbonyl (C=O) groups excluding carboxylic acids is 1. The van der Waals surface area contributed by atoms with E-state index in [-0.39, 0.29) is 24.2 Å². The van der Waals surface area contributed by atoms with Crippen LogP contribution in [0.1, 0.15) is 10.4 Å². The highest BCUT2D eigenvalue weighted by Crippen LogP contribution is 2.39. The van der Waals surface area contributed by atoms with E-state index < -0.39 is 6.10 Å². The van der Waals surface area contributed by atoms with Gasteiger partial charge in [0.2, 0.25) is 5.75 Å². The Bertz CT molecular complexity index is 541. The van der Waals surface area contributed by atoms with Crippen LogP contribution < -0.4 is 24.8 Å². The summed E-state index contributed by atoms with van der Waals surface area (Å²) in [6, 6.07) is 3.28. The van der Waals surface area contributed by atoms with Gasteiger partial charge in [0.15, 0.2) is 11.5 Å². The largest absolute Gasteiger partial charge is 0.493 e. The molecular weight excluding hydrogens is 324 g/mol. The highest BCUT2D eigenvalue weighted by atomic mass is 35.5. The molecule has 0 aromatic heterocycles. The SMILES string of the molecule is COc1ccc(C(=O)NCC2CNCC2O)c(OC)c1OC.Cl. The van der Waals surface area contributed by atoms with Crippen LogP contribution >= 0.6 is 12.4 Å². The molecule has 23 heavy (non-hydrogen) atoms. The Kier molecular flexibility index (Phi) is 7.41. The van der Waals surface area contributed by atoms with Gasteiger partial charge in [0, 0.05) is 25.6 Å². The number of hydrogen-bond donors (Lipinski definition) is 3. The Morgan fingerprint density at radius 2 is 1.91 bits per heavy atom. The number of amides is 1. The third-order valence-electron chi connectivity index (χ3n) is 3.78. The molecule has 2 atom stereocenters. The first-order valence-electron chi connectivity index (χ1n) is 7.08. The topological polar surface area (TPSA) is 89.1 Å². The first-order chi connectivity index (χ1) is 10.6. The molecule has 2 unspecified atom stereocenters. The fourth-order valence-electron chi connectivity index (χ4n) is 2.53. The van der Waals surface area contributed by atoms with E-state index in [2.05, 4.69) is 10.6 Å². The van der Waals surface area contributed by atoms with Crippen molar-refractivity contribution < 1.29 is 24.1 Å². The molecule has 0 radical (unpaired) electrons. The fraction of sp³-hybridized carbons (Fsp3) is 0.533. The predicted molar refractivity (Wildman–Crippen MR) is 88.0 cm³/mol. The molecular formula is C15H23ClN2O5. The van der Waals surface area contributed by atoms with Gasteiger partial charge in [-0.2, -0.15) is 0 Å². The zero-order valence-electron chi connectivity index (χ0n) is 13.4. The van der Waals surface area contributed by atoms with Crippen LogP contribution in [0.5, 0.6) is 17.2 Å². The molecule has 1 aromatic rings. The lowest BCUT2D eigenvalue weighted by molar-refractivity contribution is 0.0923. The van der Waals surface area contributed by atoms with Gasteiger partial charge in [-0.1, -0.05) is 0 Å². The zero-order valence-corrected chi connectivity index (χ0v) is 14.2. The number of benzene rings is 1. The third kappa shape index (κ3) is 4.19. The summed E-state index contributed by atoms with van der Waals surface area (Å²) in [5, 5.41) is 15.6. The molecule has 7 nitrogen and oxygen atoms in total. The van der Waals surface area contributed by atoms with Crippen LogP contribution in [0.2, 0.25) is 0 Å². The number of nitrogens with one attached hydrogen (secondary N) is 2. The summed E-state index contributed by atoms with van der Waals surface area (Å²) in [4.78, 5) is 12.4. The van der Waals surface area contributed by atoms with E-state index in [9.17, 15) is 9.90 Å². The maximum atomic E-state index is 12.4. The van der Waals surface area contributed by atoms with Crippen LogP contribution in [-0.2, 0) is 0 Å². The van der Waals surface area contributed by atoms with Crippen LogP contribution in [0, 0.1) is 5.92 Å². The molecule has 8 heteroatoms. The van der Waals surface area contributed by atoms with Crippen LogP contribution in [0.15, 0.2) is 12.1 Å². The van der Waals surface area contributed by atoms with Gasteiger partial charge < -0.3 is 30.0 Å². The summed E-state index contributed by atoms with van der Waals surface area (Å²) in [5.41, 5.74) is 0.362. The van der Waals surface area contributed by atoms with E-state index in [1.165, 1.54) is 21.3 Å². The second kappa shape index (κ2) is 8.81. The maximum absolute atomic E-state index is 12.4. The van der Waals surface area contributed by atoms with Crippen molar-refractivity contribution in [3.05, 3.63) is 17.7 Å². The lowest BCUT2D eigenvalue weighted by Gasteiger charge is -2.17. The maximum Gasteiger partial charge on any atom is 0.255 e. The molecule has 1 heterocycles. The van der Waals surface area contributed by atoms with Gasteiger partial charge in [-0.3, -0.25) is 4.79 Å². The zero-order chi connectivity index (χ0) is 16.1. The van der Waals surface area contributed by atoms with E-state index in [1.807, 2.05) is 0 Å². The summed E-state index contributed by atoms with van der Waals surface area (Å²) >= 11 is 0. The van der Waals surface area contributed by atoms with E-state index >= 15 is 0 Å². The molecule has 130 valence electrons. The molecule has 0 saturated carbocycles. The minimum atomic E-state index is -0.437. The first kappa shape index (κ1) is 19.3. The second-order valence-electron chi connectivity index (χ2n) is 5.08. The molecule has 1 aliphatic heterocycles. The van der Waals surface area contributed by atoms with Crippen LogP contribution in [0.4, 0.5) is 0 Å². The van der Waals surface area contributed by atoms with Crippen molar-refractivity contribution >= 4 is 18.3 Å². The summed E-state index contributed by atoms with van der Waals surface area (Å²) in [6.07, 6.45) is -0.437. The Balaban J connectivity index is 0.00000264. The fourth-order valence-corrected chi connectivity index (χ4v) is 2.53. The number of β-amino-alcohol motifs (C(OH)–C–C–N with tert-alkyl or cyclic N) is 1. The van der Waals surface area contributed by atoms with Gasteiger partial charge in [-0.15, -0.1) is 12.4 Å². The van der Waals surface area contributed by atoms with Crippen molar-refractivity contribution in [2.24, 2.45) is 5.92 Å². The number of halogens is 1. The number of aliphatic hydroxyl groups is 1. The summed E-state index contributed by atoms with van der Waals surface area (Å²) in [7, 11) is 4.48. The number of ether oxygens (including phenoxy) is 3. The molecule has 3 N–H and O–H groups in total. The average molecular weight is 347 g/mol.